The quantitative estimate of drug-likeness (QED) is 0.758. The van der Waals surface area contributed by atoms with Crippen LogP contribution in [-0.2, 0) is 11.0 Å². The van der Waals surface area contributed by atoms with Gasteiger partial charge in [0.15, 0.2) is 0 Å². The molecule has 0 saturated heterocycles. The molecule has 0 radical (unpaired) electrons. The summed E-state index contributed by atoms with van der Waals surface area (Å²) < 4.78 is 12.5. The molecule has 1 unspecified atom stereocenters. The first-order valence-electron chi connectivity index (χ1n) is 5.66. The second-order valence-electron chi connectivity index (χ2n) is 2.90. The minimum atomic E-state index is -1.05. The van der Waals surface area contributed by atoms with Gasteiger partial charge in [-0.05, 0) is 20.8 Å². The van der Waals surface area contributed by atoms with Gasteiger partial charge in [0.1, 0.15) is 11.0 Å². The van der Waals surface area contributed by atoms with Crippen LogP contribution in [0.2, 0.25) is 0 Å². The largest absolute Gasteiger partial charge is 0.235 e. The van der Waals surface area contributed by atoms with Crippen molar-refractivity contribution in [1.82, 2.24) is 9.19 Å². The summed E-state index contributed by atoms with van der Waals surface area (Å²) in [5.74, 6) is 0. The fourth-order valence-corrected chi connectivity index (χ4v) is 1.42. The highest BCUT2D eigenvalue weighted by Gasteiger charge is 2.02. The first-order chi connectivity index (χ1) is 8.06. The van der Waals surface area contributed by atoms with Crippen LogP contribution in [-0.4, -0.2) is 19.7 Å². The van der Waals surface area contributed by atoms with E-state index in [4.69, 9.17) is 0 Å². The molecule has 17 heavy (non-hydrogen) atoms. The van der Waals surface area contributed by atoms with Crippen LogP contribution >= 0.6 is 0 Å². The molecule has 0 saturated carbocycles. The Bertz CT molecular complexity index is 367. The summed E-state index contributed by atoms with van der Waals surface area (Å²) in [7, 11) is -1.05. The standard InChI is InChI=1S/C8H12N2OS.C3H6.C2H6/c1-4-5-8-6-10(12(3)11)9-7(8)2;1-3-2;1-2/h4-6H,1-3H3;3H,1H2,2H3;1-2H3/b5-4-;;. The van der Waals surface area contributed by atoms with E-state index in [0.717, 1.165) is 11.3 Å². The first-order valence-corrected chi connectivity index (χ1v) is 7.18. The SMILES string of the molecule is C/C=C\c1cn(S(C)=O)nc1C.C=CC.CC. The average molecular weight is 256 g/mol. The van der Waals surface area contributed by atoms with Gasteiger partial charge >= 0.3 is 0 Å². The number of hydrogen-bond acceptors (Lipinski definition) is 2. The Balaban J connectivity index is 0. The third kappa shape index (κ3) is 7.69. The van der Waals surface area contributed by atoms with Crippen LogP contribution in [0.15, 0.2) is 24.9 Å². The predicted octanol–water partition coefficient (Wildman–Crippen LogP) is 3.58. The molecule has 0 aliphatic carbocycles. The van der Waals surface area contributed by atoms with Crippen LogP contribution in [0.5, 0.6) is 0 Å². The average Bonchev–Trinajstić information content (AvgIpc) is 2.65. The summed E-state index contributed by atoms with van der Waals surface area (Å²) in [5, 5.41) is 4.09. The van der Waals surface area contributed by atoms with E-state index >= 15 is 0 Å². The van der Waals surface area contributed by atoms with E-state index in [1.807, 2.05) is 46.8 Å². The topological polar surface area (TPSA) is 34.9 Å². The second kappa shape index (κ2) is 11.3. The fourth-order valence-electron chi connectivity index (χ4n) is 0.922. The summed E-state index contributed by atoms with van der Waals surface area (Å²) >= 11 is 0. The maximum atomic E-state index is 11.0. The third-order valence-corrected chi connectivity index (χ3v) is 2.24. The lowest BCUT2D eigenvalue weighted by Crippen LogP contribution is -2.01. The monoisotopic (exact) mass is 256 g/mol. The molecule has 0 spiro atoms. The van der Waals surface area contributed by atoms with E-state index in [9.17, 15) is 4.21 Å². The Morgan fingerprint density at radius 1 is 1.41 bits per heavy atom. The number of rotatable bonds is 2. The zero-order chi connectivity index (χ0) is 13.8. The molecule has 1 rings (SSSR count). The lowest BCUT2D eigenvalue weighted by Gasteiger charge is -1.89. The zero-order valence-electron chi connectivity index (χ0n) is 11.7. The van der Waals surface area contributed by atoms with E-state index in [2.05, 4.69) is 11.7 Å². The molecule has 0 aromatic carbocycles. The lowest BCUT2D eigenvalue weighted by molar-refractivity contribution is 0.675. The van der Waals surface area contributed by atoms with Crippen LogP contribution in [0.1, 0.15) is 39.0 Å². The van der Waals surface area contributed by atoms with Crippen LogP contribution in [0.3, 0.4) is 0 Å². The molecule has 98 valence electrons. The molecular formula is C13H24N2OS. The molecule has 0 aliphatic heterocycles. The van der Waals surface area contributed by atoms with Crippen LogP contribution in [0.4, 0.5) is 0 Å². The van der Waals surface area contributed by atoms with Crippen molar-refractivity contribution in [1.29, 1.82) is 0 Å². The predicted molar refractivity (Wildman–Crippen MR) is 78.4 cm³/mol. The molecule has 1 heterocycles. The van der Waals surface area contributed by atoms with E-state index in [1.165, 1.54) is 4.09 Å². The minimum absolute atomic E-state index is 0.906. The Morgan fingerprint density at radius 2 is 1.88 bits per heavy atom. The van der Waals surface area contributed by atoms with Crippen molar-refractivity contribution in [2.24, 2.45) is 0 Å². The summed E-state index contributed by atoms with van der Waals surface area (Å²) in [6.45, 7) is 13.1. The Labute approximate surface area is 108 Å². The van der Waals surface area contributed by atoms with Gasteiger partial charge in [-0.25, -0.2) is 4.21 Å². The number of aryl methyl sites for hydroxylation is 1. The first kappa shape index (κ1) is 18.2. The molecule has 0 amide bonds. The van der Waals surface area contributed by atoms with E-state index in [1.54, 1.807) is 18.5 Å². The Kier molecular flexibility index (Phi) is 12.1. The van der Waals surface area contributed by atoms with E-state index < -0.39 is 11.0 Å². The maximum Gasteiger partial charge on any atom is 0.136 e. The van der Waals surface area contributed by atoms with Gasteiger partial charge in [-0.1, -0.05) is 32.1 Å². The van der Waals surface area contributed by atoms with Gasteiger partial charge < -0.3 is 0 Å². The van der Waals surface area contributed by atoms with Crippen molar-refractivity contribution >= 4 is 17.1 Å². The van der Waals surface area contributed by atoms with Crippen molar-refractivity contribution in [3.8, 4) is 0 Å². The highest BCUT2D eigenvalue weighted by molar-refractivity contribution is 7.82. The zero-order valence-corrected chi connectivity index (χ0v) is 12.5. The number of allylic oxidation sites excluding steroid dienone is 2. The molecule has 1 aromatic heterocycles. The van der Waals surface area contributed by atoms with Gasteiger partial charge in [0.2, 0.25) is 0 Å². The highest BCUT2D eigenvalue weighted by atomic mass is 32.2. The Hall–Kier alpha value is -1.16. The van der Waals surface area contributed by atoms with Crippen molar-refractivity contribution < 1.29 is 4.21 Å². The van der Waals surface area contributed by atoms with Gasteiger partial charge in [0.05, 0.1) is 5.69 Å². The molecule has 0 N–H and O–H groups in total. The minimum Gasteiger partial charge on any atom is -0.235 e. The van der Waals surface area contributed by atoms with Crippen LogP contribution in [0.25, 0.3) is 6.08 Å². The molecule has 1 aromatic rings. The molecular weight excluding hydrogens is 232 g/mol. The molecule has 0 fully saturated rings. The molecule has 0 bridgehead atoms. The summed E-state index contributed by atoms with van der Waals surface area (Å²) in [5.41, 5.74) is 1.93. The summed E-state index contributed by atoms with van der Waals surface area (Å²) in [4.78, 5) is 0. The van der Waals surface area contributed by atoms with Gasteiger partial charge in [-0.2, -0.15) is 9.19 Å². The van der Waals surface area contributed by atoms with Crippen molar-refractivity contribution in [3.63, 3.8) is 0 Å². The van der Waals surface area contributed by atoms with Gasteiger partial charge in [-0.15, -0.1) is 6.58 Å². The molecule has 4 heteroatoms. The van der Waals surface area contributed by atoms with Gasteiger partial charge in [0, 0.05) is 18.0 Å². The van der Waals surface area contributed by atoms with Crippen molar-refractivity contribution in [2.45, 2.75) is 34.6 Å². The van der Waals surface area contributed by atoms with E-state index in [0.29, 0.717) is 0 Å². The smallest absolute Gasteiger partial charge is 0.136 e. The number of aromatic nitrogens is 2. The van der Waals surface area contributed by atoms with Crippen LogP contribution in [0, 0.1) is 6.92 Å². The highest BCUT2D eigenvalue weighted by Crippen LogP contribution is 2.07. The van der Waals surface area contributed by atoms with E-state index in [-0.39, 0.29) is 0 Å². The number of hydrogen-bond donors (Lipinski definition) is 0. The van der Waals surface area contributed by atoms with Crippen molar-refractivity contribution in [2.75, 3.05) is 6.26 Å². The Morgan fingerprint density at radius 3 is 2.18 bits per heavy atom. The molecule has 0 aliphatic rings. The molecule has 3 nitrogen and oxygen atoms in total. The van der Waals surface area contributed by atoms with Gasteiger partial charge in [-0.3, -0.25) is 0 Å². The normalized spacial score (nSPS) is 10.9. The maximum absolute atomic E-state index is 11.0. The second-order valence-corrected chi connectivity index (χ2v) is 4.13. The van der Waals surface area contributed by atoms with Crippen LogP contribution < -0.4 is 0 Å². The summed E-state index contributed by atoms with van der Waals surface area (Å²) in [6.07, 6.45) is 9.02. The third-order valence-electron chi connectivity index (χ3n) is 1.53. The summed E-state index contributed by atoms with van der Waals surface area (Å²) in [6, 6.07) is 0. The van der Waals surface area contributed by atoms with Crippen molar-refractivity contribution in [3.05, 3.63) is 36.2 Å². The fraction of sp³-hybridized carbons (Fsp3) is 0.462. The molecule has 1 atom stereocenters. The lowest BCUT2D eigenvalue weighted by atomic mass is 10.2. The number of nitrogens with zero attached hydrogens (tertiary/aromatic N) is 2. The van der Waals surface area contributed by atoms with Gasteiger partial charge in [0.25, 0.3) is 0 Å².